The van der Waals surface area contributed by atoms with E-state index in [4.69, 9.17) is 0 Å². The van der Waals surface area contributed by atoms with Crippen molar-refractivity contribution in [1.82, 2.24) is 19.7 Å². The molecule has 0 unspecified atom stereocenters. The van der Waals surface area contributed by atoms with Crippen LogP contribution in [0.3, 0.4) is 0 Å². The summed E-state index contributed by atoms with van der Waals surface area (Å²) in [6.45, 7) is 9.86. The average molecular weight is 532 g/mol. The number of carbonyl (C=O) groups is 1. The number of aromatic nitrogens is 3. The summed E-state index contributed by atoms with van der Waals surface area (Å²) in [7, 11) is 0. The minimum Gasteiger partial charge on any atom is -0.326 e. The molecule has 9 heteroatoms. The Labute approximate surface area is 223 Å². The SMILES string of the molecule is Cc1ccc(NC(=O)[C@H]2CN(CC(F)(F)F)C[C@@H]2c2nnc([C@H]3C[C@@H](CC(C)(C)C)C3)n2C2CC2)c(C)c1. The lowest BCUT2D eigenvalue weighted by Gasteiger charge is -2.38. The molecule has 1 aromatic heterocycles. The summed E-state index contributed by atoms with van der Waals surface area (Å²) in [5, 5.41) is 12.2. The lowest BCUT2D eigenvalue weighted by molar-refractivity contribution is -0.144. The smallest absolute Gasteiger partial charge is 0.326 e. The van der Waals surface area contributed by atoms with E-state index in [9.17, 15) is 18.0 Å². The van der Waals surface area contributed by atoms with Gasteiger partial charge in [-0.05, 0) is 68.9 Å². The number of nitrogens with zero attached hydrogens (tertiary/aromatic N) is 4. The summed E-state index contributed by atoms with van der Waals surface area (Å²) < 4.78 is 42.3. The van der Waals surface area contributed by atoms with Gasteiger partial charge in [0.25, 0.3) is 0 Å². The first-order chi connectivity index (χ1) is 17.8. The summed E-state index contributed by atoms with van der Waals surface area (Å²) >= 11 is 0. The van der Waals surface area contributed by atoms with Crippen LogP contribution in [-0.4, -0.2) is 51.4 Å². The van der Waals surface area contributed by atoms with Crippen molar-refractivity contribution in [3.63, 3.8) is 0 Å². The van der Waals surface area contributed by atoms with Crippen LogP contribution in [0.2, 0.25) is 0 Å². The molecular weight excluding hydrogens is 491 g/mol. The fraction of sp³-hybridized carbons (Fsp3) is 0.690. The second kappa shape index (κ2) is 9.96. The molecule has 0 spiro atoms. The highest BCUT2D eigenvalue weighted by atomic mass is 19.4. The number of hydrogen-bond acceptors (Lipinski definition) is 4. The molecule has 1 aliphatic heterocycles. The quantitative estimate of drug-likeness (QED) is 0.451. The molecule has 5 rings (SSSR count). The summed E-state index contributed by atoms with van der Waals surface area (Å²) in [5.41, 5.74) is 2.99. The predicted octanol–water partition coefficient (Wildman–Crippen LogP) is 6.38. The Hall–Kier alpha value is -2.42. The van der Waals surface area contributed by atoms with E-state index in [1.165, 1.54) is 11.3 Å². The summed E-state index contributed by atoms with van der Waals surface area (Å²) in [4.78, 5) is 14.9. The average Bonchev–Trinajstić information content (AvgIpc) is 3.38. The Balaban J connectivity index is 1.40. The van der Waals surface area contributed by atoms with E-state index < -0.39 is 24.6 Å². The van der Waals surface area contributed by atoms with Crippen LogP contribution in [0.25, 0.3) is 0 Å². The normalized spacial score (nSPS) is 26.4. The molecule has 1 amide bonds. The van der Waals surface area contributed by atoms with E-state index >= 15 is 0 Å². The standard InChI is InChI=1S/C29H40F3N5O/c1-17-6-9-24(18(2)10-17)33-27(38)23-15-36(16-29(30,31)32)14-22(23)26-35-34-25(37(26)21-7-8-21)20-11-19(12-20)13-28(3,4)5/h6,9-10,19-23H,7-8,11-16H2,1-5H3,(H,33,38)/t19-,20+,22-,23-/m0/s1. The highest BCUT2D eigenvalue weighted by molar-refractivity contribution is 5.94. The minimum atomic E-state index is -4.33. The van der Waals surface area contributed by atoms with Crippen molar-refractivity contribution in [2.75, 3.05) is 25.0 Å². The highest BCUT2D eigenvalue weighted by Gasteiger charge is 2.47. The van der Waals surface area contributed by atoms with Gasteiger partial charge in [-0.1, -0.05) is 38.5 Å². The van der Waals surface area contributed by atoms with E-state index in [1.807, 2.05) is 32.0 Å². The number of hydrogen-bond donors (Lipinski definition) is 1. The molecule has 2 heterocycles. The number of amides is 1. The zero-order valence-electron chi connectivity index (χ0n) is 23.1. The second-order valence-corrected chi connectivity index (χ2v) is 13.1. The van der Waals surface area contributed by atoms with Gasteiger partial charge >= 0.3 is 6.18 Å². The number of anilines is 1. The van der Waals surface area contributed by atoms with Crippen LogP contribution in [0, 0.1) is 31.1 Å². The van der Waals surface area contributed by atoms with Crippen LogP contribution in [0.4, 0.5) is 18.9 Å². The van der Waals surface area contributed by atoms with Crippen molar-refractivity contribution >= 4 is 11.6 Å². The van der Waals surface area contributed by atoms with Gasteiger partial charge in [-0.3, -0.25) is 9.69 Å². The Morgan fingerprint density at radius 2 is 1.74 bits per heavy atom. The molecule has 1 N–H and O–H groups in total. The van der Waals surface area contributed by atoms with Gasteiger partial charge in [-0.25, -0.2) is 0 Å². The van der Waals surface area contributed by atoms with Crippen LogP contribution in [0.5, 0.6) is 0 Å². The molecule has 2 aromatic rings. The van der Waals surface area contributed by atoms with Gasteiger partial charge in [0, 0.05) is 36.7 Å². The Kier molecular flexibility index (Phi) is 7.12. The number of benzene rings is 1. The first-order valence-corrected chi connectivity index (χ1v) is 13.9. The first kappa shape index (κ1) is 27.2. The number of alkyl halides is 3. The monoisotopic (exact) mass is 531 g/mol. The Bertz CT molecular complexity index is 1170. The number of likely N-dealkylation sites (tertiary alicyclic amines) is 1. The third-order valence-electron chi connectivity index (χ3n) is 8.27. The maximum atomic E-state index is 13.6. The molecule has 3 fully saturated rings. The third-order valence-corrected chi connectivity index (χ3v) is 8.27. The number of aryl methyl sites for hydroxylation is 2. The largest absolute Gasteiger partial charge is 0.401 e. The Morgan fingerprint density at radius 3 is 2.34 bits per heavy atom. The van der Waals surface area contributed by atoms with Crippen LogP contribution >= 0.6 is 0 Å². The fourth-order valence-corrected chi connectivity index (χ4v) is 6.51. The van der Waals surface area contributed by atoms with E-state index in [-0.39, 0.29) is 30.5 Å². The third kappa shape index (κ3) is 6.08. The Morgan fingerprint density at radius 1 is 1.05 bits per heavy atom. The van der Waals surface area contributed by atoms with Gasteiger partial charge in [-0.2, -0.15) is 13.2 Å². The highest BCUT2D eigenvalue weighted by Crippen LogP contribution is 2.49. The van der Waals surface area contributed by atoms with Crippen LogP contribution in [0.15, 0.2) is 18.2 Å². The van der Waals surface area contributed by atoms with E-state index in [1.54, 1.807) is 0 Å². The molecular formula is C29H40F3N5O. The topological polar surface area (TPSA) is 63.1 Å². The molecule has 3 aliphatic rings. The molecule has 38 heavy (non-hydrogen) atoms. The molecule has 2 saturated carbocycles. The first-order valence-electron chi connectivity index (χ1n) is 13.9. The minimum absolute atomic E-state index is 0.0465. The van der Waals surface area contributed by atoms with Crippen LogP contribution in [-0.2, 0) is 4.79 Å². The molecule has 0 radical (unpaired) electrons. The summed E-state index contributed by atoms with van der Waals surface area (Å²) in [5.74, 6) is 1.32. The lowest BCUT2D eigenvalue weighted by Crippen LogP contribution is -2.34. The number of halogens is 3. The fourth-order valence-electron chi connectivity index (χ4n) is 6.51. The van der Waals surface area contributed by atoms with Crippen molar-refractivity contribution in [3.05, 3.63) is 41.0 Å². The maximum Gasteiger partial charge on any atom is 0.401 e. The summed E-state index contributed by atoms with van der Waals surface area (Å²) in [6.07, 6.45) is 1.03. The van der Waals surface area contributed by atoms with Gasteiger partial charge in [0.1, 0.15) is 11.6 Å². The molecule has 1 aromatic carbocycles. The number of carbonyl (C=O) groups excluding carboxylic acids is 1. The van der Waals surface area contributed by atoms with Crippen LogP contribution < -0.4 is 5.32 Å². The lowest BCUT2D eigenvalue weighted by atomic mass is 9.68. The van der Waals surface area contributed by atoms with Crippen molar-refractivity contribution in [2.24, 2.45) is 17.3 Å². The maximum absolute atomic E-state index is 13.6. The van der Waals surface area contributed by atoms with Gasteiger partial charge in [0.2, 0.25) is 5.91 Å². The number of nitrogens with one attached hydrogen (secondary N) is 1. The molecule has 6 nitrogen and oxygen atoms in total. The molecule has 2 atom stereocenters. The number of rotatable bonds is 7. The van der Waals surface area contributed by atoms with Gasteiger partial charge in [-0.15, -0.1) is 10.2 Å². The van der Waals surface area contributed by atoms with E-state index in [2.05, 4.69) is 40.9 Å². The van der Waals surface area contributed by atoms with Gasteiger partial charge in [0.05, 0.1) is 12.5 Å². The van der Waals surface area contributed by atoms with Gasteiger partial charge in [0.15, 0.2) is 0 Å². The predicted molar refractivity (Wildman–Crippen MR) is 141 cm³/mol. The van der Waals surface area contributed by atoms with Crippen LogP contribution in [0.1, 0.15) is 93.5 Å². The van der Waals surface area contributed by atoms with E-state index in [0.29, 0.717) is 23.3 Å². The van der Waals surface area contributed by atoms with Crippen molar-refractivity contribution in [1.29, 1.82) is 0 Å². The zero-order chi connectivity index (χ0) is 27.4. The van der Waals surface area contributed by atoms with Gasteiger partial charge < -0.3 is 9.88 Å². The molecule has 0 bridgehead atoms. The summed E-state index contributed by atoms with van der Waals surface area (Å²) in [6, 6.07) is 6.05. The molecule has 1 saturated heterocycles. The van der Waals surface area contributed by atoms with Crippen molar-refractivity contribution in [3.8, 4) is 0 Å². The molecule has 208 valence electrons. The zero-order valence-corrected chi connectivity index (χ0v) is 23.1. The van der Waals surface area contributed by atoms with Crippen molar-refractivity contribution < 1.29 is 18.0 Å². The molecule has 2 aliphatic carbocycles. The second-order valence-electron chi connectivity index (χ2n) is 13.1. The van der Waals surface area contributed by atoms with E-state index in [0.717, 1.165) is 42.6 Å². The van der Waals surface area contributed by atoms with Crippen molar-refractivity contribution in [2.45, 2.75) is 90.8 Å².